The molecule has 0 bridgehead atoms. The number of hydrogen-bond donors (Lipinski definition) is 1. The molecule has 1 saturated carbocycles. The van der Waals surface area contributed by atoms with Crippen molar-refractivity contribution in [1.82, 2.24) is 19.5 Å². The summed E-state index contributed by atoms with van der Waals surface area (Å²) in [7, 11) is -3.66. The number of sulfonamides is 1. The van der Waals surface area contributed by atoms with Crippen LogP contribution in [0, 0.1) is 5.92 Å². The van der Waals surface area contributed by atoms with Crippen molar-refractivity contribution in [2.24, 2.45) is 5.92 Å². The fourth-order valence-electron chi connectivity index (χ4n) is 2.84. The van der Waals surface area contributed by atoms with Crippen molar-refractivity contribution in [3.05, 3.63) is 35.1 Å². The molecule has 0 amide bonds. The van der Waals surface area contributed by atoms with Crippen molar-refractivity contribution in [3.8, 4) is 0 Å². The van der Waals surface area contributed by atoms with E-state index in [4.69, 9.17) is 11.6 Å². The summed E-state index contributed by atoms with van der Waals surface area (Å²) < 4.78 is 29.8. The van der Waals surface area contributed by atoms with Crippen LogP contribution in [0.1, 0.15) is 45.0 Å². The Morgan fingerprint density at radius 1 is 1.31 bits per heavy atom. The molecule has 3 rings (SSSR count). The maximum absolute atomic E-state index is 12.6. The van der Waals surface area contributed by atoms with Crippen LogP contribution in [0.5, 0.6) is 0 Å². The molecule has 9 heteroatoms. The van der Waals surface area contributed by atoms with Crippen molar-refractivity contribution in [2.75, 3.05) is 5.75 Å². The van der Waals surface area contributed by atoms with Crippen LogP contribution < -0.4 is 4.72 Å². The van der Waals surface area contributed by atoms with Gasteiger partial charge in [0.15, 0.2) is 11.0 Å². The number of aromatic nitrogens is 3. The van der Waals surface area contributed by atoms with E-state index < -0.39 is 16.1 Å². The van der Waals surface area contributed by atoms with Gasteiger partial charge in [-0.3, -0.25) is 0 Å². The minimum atomic E-state index is -3.66. The van der Waals surface area contributed by atoms with Crippen LogP contribution in [-0.2, 0) is 16.6 Å². The maximum Gasteiger partial charge on any atom is 0.241 e. The molecule has 0 unspecified atom stereocenters. The Labute approximate surface area is 163 Å². The van der Waals surface area contributed by atoms with Gasteiger partial charge in [-0.05, 0) is 56.9 Å². The van der Waals surface area contributed by atoms with Crippen LogP contribution in [0.2, 0.25) is 5.02 Å². The smallest absolute Gasteiger partial charge is 0.241 e. The first-order valence-electron chi connectivity index (χ1n) is 8.74. The summed E-state index contributed by atoms with van der Waals surface area (Å²) in [6, 6.07) is 5.61. The van der Waals surface area contributed by atoms with Gasteiger partial charge in [-0.2, -0.15) is 0 Å². The standard InChI is InChI=1S/C17H23ClN4O2S2/c1-3-22-16(19-20-17(22)25-11-13-5-4-6-13)12(2)21-26(23,24)15-9-7-14(18)8-10-15/h7-10,12-13,21H,3-6,11H2,1-2H3/t12-/m1/s1. The molecular formula is C17H23ClN4O2S2. The summed E-state index contributed by atoms with van der Waals surface area (Å²) in [5.41, 5.74) is 0. The highest BCUT2D eigenvalue weighted by Gasteiger charge is 2.24. The molecular weight excluding hydrogens is 392 g/mol. The van der Waals surface area contributed by atoms with E-state index >= 15 is 0 Å². The molecule has 1 heterocycles. The Kier molecular flexibility index (Phi) is 6.27. The highest BCUT2D eigenvalue weighted by molar-refractivity contribution is 7.99. The van der Waals surface area contributed by atoms with Crippen LogP contribution in [0.25, 0.3) is 0 Å². The fraction of sp³-hybridized carbons (Fsp3) is 0.529. The van der Waals surface area contributed by atoms with Gasteiger partial charge in [0, 0.05) is 17.3 Å². The normalized spacial score (nSPS) is 16.4. The van der Waals surface area contributed by atoms with Gasteiger partial charge in [0.25, 0.3) is 0 Å². The minimum absolute atomic E-state index is 0.177. The number of nitrogens with zero attached hydrogens (tertiary/aromatic N) is 3. The predicted molar refractivity (Wildman–Crippen MR) is 104 cm³/mol. The second-order valence-corrected chi connectivity index (χ2v) is 9.63. The number of halogens is 1. The number of benzene rings is 1. The molecule has 142 valence electrons. The van der Waals surface area contributed by atoms with Crippen LogP contribution in [0.15, 0.2) is 34.3 Å². The van der Waals surface area contributed by atoms with Gasteiger partial charge < -0.3 is 4.57 Å². The summed E-state index contributed by atoms with van der Waals surface area (Å²) in [6.07, 6.45) is 3.90. The Morgan fingerprint density at radius 2 is 2.00 bits per heavy atom. The molecule has 26 heavy (non-hydrogen) atoms. The summed E-state index contributed by atoms with van der Waals surface area (Å²) in [4.78, 5) is 0.177. The highest BCUT2D eigenvalue weighted by Crippen LogP contribution is 2.32. The van der Waals surface area contributed by atoms with Gasteiger partial charge in [0.1, 0.15) is 0 Å². The zero-order chi connectivity index (χ0) is 18.7. The first-order valence-corrected chi connectivity index (χ1v) is 11.6. The molecule has 6 nitrogen and oxygen atoms in total. The van der Waals surface area contributed by atoms with Crippen molar-refractivity contribution in [2.45, 2.75) is 55.7 Å². The Balaban J connectivity index is 1.73. The summed E-state index contributed by atoms with van der Waals surface area (Å²) in [6.45, 7) is 4.49. The van der Waals surface area contributed by atoms with Crippen molar-refractivity contribution in [1.29, 1.82) is 0 Å². The van der Waals surface area contributed by atoms with E-state index in [0.29, 0.717) is 17.4 Å². The number of nitrogens with one attached hydrogen (secondary N) is 1. The number of hydrogen-bond acceptors (Lipinski definition) is 5. The summed E-state index contributed by atoms with van der Waals surface area (Å²) >= 11 is 7.54. The topological polar surface area (TPSA) is 76.9 Å². The SMILES string of the molecule is CCn1c(SCC2CCC2)nnc1[C@@H](C)NS(=O)(=O)c1ccc(Cl)cc1. The van der Waals surface area contributed by atoms with Crippen molar-refractivity contribution < 1.29 is 8.42 Å². The Hall–Kier alpha value is -1.09. The Morgan fingerprint density at radius 3 is 2.58 bits per heavy atom. The van der Waals surface area contributed by atoms with Crippen LogP contribution in [0.3, 0.4) is 0 Å². The molecule has 0 saturated heterocycles. The van der Waals surface area contributed by atoms with E-state index in [1.807, 2.05) is 11.5 Å². The van der Waals surface area contributed by atoms with Gasteiger partial charge >= 0.3 is 0 Å². The molecule has 1 N–H and O–H groups in total. The minimum Gasteiger partial charge on any atom is -0.305 e. The first kappa shape index (κ1) is 19.7. The third kappa shape index (κ3) is 4.42. The van der Waals surface area contributed by atoms with Gasteiger partial charge in [-0.15, -0.1) is 10.2 Å². The zero-order valence-electron chi connectivity index (χ0n) is 14.9. The van der Waals surface area contributed by atoms with Crippen molar-refractivity contribution in [3.63, 3.8) is 0 Å². The number of rotatable bonds is 8. The van der Waals surface area contributed by atoms with Gasteiger partial charge in [0.2, 0.25) is 10.0 Å². The molecule has 1 aliphatic carbocycles. The molecule has 1 atom stereocenters. The third-order valence-corrected chi connectivity index (χ3v) is 7.58. The van der Waals surface area contributed by atoms with E-state index in [1.54, 1.807) is 30.8 Å². The lowest BCUT2D eigenvalue weighted by Crippen LogP contribution is -2.29. The molecule has 1 aromatic heterocycles. The molecule has 2 aromatic rings. The zero-order valence-corrected chi connectivity index (χ0v) is 17.2. The quantitative estimate of drug-likeness (QED) is 0.663. The van der Waals surface area contributed by atoms with Gasteiger partial charge in [0.05, 0.1) is 10.9 Å². The second-order valence-electron chi connectivity index (χ2n) is 6.49. The van der Waals surface area contributed by atoms with Gasteiger partial charge in [-0.1, -0.05) is 29.8 Å². The van der Waals surface area contributed by atoms with E-state index in [1.165, 1.54) is 31.4 Å². The molecule has 1 aliphatic rings. The molecule has 0 aliphatic heterocycles. The van der Waals surface area contributed by atoms with Crippen LogP contribution in [-0.4, -0.2) is 28.9 Å². The lowest BCUT2D eigenvalue weighted by Gasteiger charge is -2.24. The fourth-order valence-corrected chi connectivity index (χ4v) is 5.37. The molecule has 0 radical (unpaired) electrons. The average molecular weight is 415 g/mol. The third-order valence-electron chi connectivity index (χ3n) is 4.58. The monoisotopic (exact) mass is 414 g/mol. The van der Waals surface area contributed by atoms with E-state index in [2.05, 4.69) is 14.9 Å². The molecule has 1 fully saturated rings. The molecule has 0 spiro atoms. The van der Waals surface area contributed by atoms with E-state index in [-0.39, 0.29) is 4.90 Å². The van der Waals surface area contributed by atoms with E-state index in [0.717, 1.165) is 16.8 Å². The van der Waals surface area contributed by atoms with Gasteiger partial charge in [-0.25, -0.2) is 13.1 Å². The lowest BCUT2D eigenvalue weighted by molar-refractivity contribution is 0.353. The van der Waals surface area contributed by atoms with Crippen LogP contribution in [0.4, 0.5) is 0 Å². The predicted octanol–water partition coefficient (Wildman–Crippen LogP) is 3.88. The second kappa shape index (κ2) is 8.29. The van der Waals surface area contributed by atoms with Crippen molar-refractivity contribution >= 4 is 33.4 Å². The number of thioether (sulfide) groups is 1. The maximum atomic E-state index is 12.6. The lowest BCUT2D eigenvalue weighted by atomic mass is 9.87. The molecule has 1 aromatic carbocycles. The first-order chi connectivity index (χ1) is 12.4. The van der Waals surface area contributed by atoms with Crippen LogP contribution >= 0.6 is 23.4 Å². The Bertz CT molecular complexity index is 848. The summed E-state index contributed by atoms with van der Waals surface area (Å²) in [5, 5.41) is 9.87. The largest absolute Gasteiger partial charge is 0.305 e. The highest BCUT2D eigenvalue weighted by atomic mass is 35.5. The summed E-state index contributed by atoms with van der Waals surface area (Å²) in [5.74, 6) is 2.44. The van der Waals surface area contributed by atoms with E-state index in [9.17, 15) is 8.42 Å². The average Bonchev–Trinajstić information content (AvgIpc) is 2.96.